The molecule has 134 valence electrons. The van der Waals surface area contributed by atoms with Gasteiger partial charge in [-0.3, -0.25) is 4.79 Å². The number of aromatic amines is 1. The number of imidazole rings is 1. The van der Waals surface area contributed by atoms with Crippen molar-refractivity contribution in [1.82, 2.24) is 14.9 Å². The Balaban J connectivity index is 1.36. The second kappa shape index (κ2) is 7.59. The monoisotopic (exact) mass is 339 g/mol. The van der Waals surface area contributed by atoms with Crippen LogP contribution in [0.1, 0.15) is 76.1 Å². The molecule has 25 heavy (non-hydrogen) atoms. The normalized spacial score (nSPS) is 21.9. The van der Waals surface area contributed by atoms with Crippen molar-refractivity contribution < 1.29 is 4.79 Å². The molecule has 1 aromatic carbocycles. The molecular formula is C21H29N3O. The third-order valence-electron chi connectivity index (χ3n) is 6.02. The summed E-state index contributed by atoms with van der Waals surface area (Å²) in [6.07, 6.45) is 12.0. The highest BCUT2D eigenvalue weighted by Gasteiger charge is 2.31. The summed E-state index contributed by atoms with van der Waals surface area (Å²) in [5.74, 6) is 2.14. The summed E-state index contributed by atoms with van der Waals surface area (Å²) in [7, 11) is 0. The first kappa shape index (κ1) is 16.6. The molecule has 4 rings (SSSR count). The van der Waals surface area contributed by atoms with Crippen molar-refractivity contribution in [1.29, 1.82) is 0 Å². The second-order valence-electron chi connectivity index (χ2n) is 7.78. The molecule has 1 saturated carbocycles. The molecule has 1 aromatic heterocycles. The van der Waals surface area contributed by atoms with Crippen LogP contribution in [0.2, 0.25) is 0 Å². The number of nitrogens with one attached hydrogen (secondary N) is 1. The predicted molar refractivity (Wildman–Crippen MR) is 100 cm³/mol. The number of likely N-dealkylation sites (tertiary alicyclic amines) is 1. The van der Waals surface area contributed by atoms with Crippen molar-refractivity contribution in [3.63, 3.8) is 0 Å². The molecule has 2 heterocycles. The van der Waals surface area contributed by atoms with E-state index in [0.29, 0.717) is 12.3 Å². The molecule has 2 fully saturated rings. The van der Waals surface area contributed by atoms with Gasteiger partial charge in [-0.05, 0) is 43.7 Å². The van der Waals surface area contributed by atoms with Gasteiger partial charge in [0, 0.05) is 13.0 Å². The number of aromatic nitrogens is 2. The lowest BCUT2D eigenvalue weighted by molar-refractivity contribution is -0.132. The molecule has 1 saturated heterocycles. The van der Waals surface area contributed by atoms with Crippen LogP contribution < -0.4 is 0 Å². The van der Waals surface area contributed by atoms with Crippen LogP contribution in [0.3, 0.4) is 0 Å². The van der Waals surface area contributed by atoms with Crippen LogP contribution in [0.4, 0.5) is 0 Å². The molecule has 1 atom stereocenters. The van der Waals surface area contributed by atoms with E-state index in [9.17, 15) is 4.79 Å². The van der Waals surface area contributed by atoms with E-state index >= 15 is 0 Å². The lowest BCUT2D eigenvalue weighted by Crippen LogP contribution is -2.31. The van der Waals surface area contributed by atoms with E-state index in [2.05, 4.69) is 16.0 Å². The molecule has 1 aliphatic heterocycles. The minimum absolute atomic E-state index is 0.134. The Hall–Kier alpha value is -1.84. The fourth-order valence-corrected chi connectivity index (χ4v) is 4.64. The minimum atomic E-state index is 0.134. The van der Waals surface area contributed by atoms with Gasteiger partial charge < -0.3 is 9.88 Å². The standard InChI is InChI=1S/C21H29N3O/c25-20(14-6-10-16-8-2-1-3-9-16)24-15-7-13-19(24)21-22-17-11-4-5-12-18(17)23-21/h4-5,11-12,16,19H,1-3,6-10,13-15H2,(H,22,23). The summed E-state index contributed by atoms with van der Waals surface area (Å²) in [6.45, 7) is 0.879. The van der Waals surface area contributed by atoms with E-state index < -0.39 is 0 Å². The summed E-state index contributed by atoms with van der Waals surface area (Å²) in [6, 6.07) is 8.25. The number of para-hydroxylation sites is 2. The Kier molecular flexibility index (Phi) is 5.04. The van der Waals surface area contributed by atoms with Crippen LogP contribution in [0.15, 0.2) is 24.3 Å². The number of carbonyl (C=O) groups excluding carboxylic acids is 1. The molecule has 2 aliphatic rings. The third kappa shape index (κ3) is 3.73. The van der Waals surface area contributed by atoms with Crippen LogP contribution in [0.25, 0.3) is 11.0 Å². The van der Waals surface area contributed by atoms with Crippen LogP contribution in [0, 0.1) is 5.92 Å². The molecule has 4 nitrogen and oxygen atoms in total. The van der Waals surface area contributed by atoms with Gasteiger partial charge in [-0.15, -0.1) is 0 Å². The first-order valence-corrected chi connectivity index (χ1v) is 10.1. The summed E-state index contributed by atoms with van der Waals surface area (Å²) in [4.78, 5) is 23.0. The van der Waals surface area contributed by atoms with E-state index in [-0.39, 0.29) is 6.04 Å². The fraction of sp³-hybridized carbons (Fsp3) is 0.619. The number of H-pyrrole nitrogens is 1. The number of amides is 1. The molecular weight excluding hydrogens is 310 g/mol. The molecule has 1 unspecified atom stereocenters. The van der Waals surface area contributed by atoms with Crippen molar-refractivity contribution in [2.45, 2.75) is 70.3 Å². The summed E-state index contributed by atoms with van der Waals surface area (Å²) in [5.41, 5.74) is 2.06. The number of carbonyl (C=O) groups is 1. The van der Waals surface area contributed by atoms with Gasteiger partial charge in [0.05, 0.1) is 17.1 Å². The number of hydrogen-bond acceptors (Lipinski definition) is 2. The smallest absolute Gasteiger partial charge is 0.223 e. The third-order valence-corrected chi connectivity index (χ3v) is 6.02. The zero-order valence-corrected chi connectivity index (χ0v) is 15.0. The zero-order chi connectivity index (χ0) is 17.1. The van der Waals surface area contributed by atoms with Gasteiger partial charge in [0.25, 0.3) is 0 Å². The van der Waals surface area contributed by atoms with Crippen molar-refractivity contribution in [2.75, 3.05) is 6.54 Å². The molecule has 1 aliphatic carbocycles. The average Bonchev–Trinajstić information content (AvgIpc) is 3.29. The van der Waals surface area contributed by atoms with E-state index in [0.717, 1.165) is 48.6 Å². The van der Waals surface area contributed by atoms with Gasteiger partial charge in [-0.1, -0.05) is 44.2 Å². The number of hydrogen-bond donors (Lipinski definition) is 1. The molecule has 0 spiro atoms. The largest absolute Gasteiger partial charge is 0.340 e. The maximum Gasteiger partial charge on any atom is 0.223 e. The Morgan fingerprint density at radius 1 is 1.12 bits per heavy atom. The Bertz CT molecular complexity index is 684. The summed E-state index contributed by atoms with van der Waals surface area (Å²) >= 11 is 0. The van der Waals surface area contributed by atoms with Crippen LogP contribution >= 0.6 is 0 Å². The molecule has 2 aromatic rings. The number of nitrogens with zero attached hydrogens (tertiary/aromatic N) is 2. The van der Waals surface area contributed by atoms with Crippen LogP contribution in [0.5, 0.6) is 0 Å². The van der Waals surface area contributed by atoms with Crippen molar-refractivity contribution >= 4 is 16.9 Å². The molecule has 0 radical (unpaired) electrons. The van der Waals surface area contributed by atoms with Gasteiger partial charge in [0.15, 0.2) is 0 Å². The Morgan fingerprint density at radius 2 is 1.96 bits per heavy atom. The van der Waals surface area contributed by atoms with Gasteiger partial charge in [0.2, 0.25) is 5.91 Å². The van der Waals surface area contributed by atoms with Crippen molar-refractivity contribution in [3.05, 3.63) is 30.1 Å². The topological polar surface area (TPSA) is 49.0 Å². The molecule has 1 N–H and O–H groups in total. The first-order chi connectivity index (χ1) is 12.3. The summed E-state index contributed by atoms with van der Waals surface area (Å²) < 4.78 is 0. The quantitative estimate of drug-likeness (QED) is 0.835. The number of rotatable bonds is 5. The molecule has 4 heteroatoms. The minimum Gasteiger partial charge on any atom is -0.340 e. The van der Waals surface area contributed by atoms with E-state index in [1.54, 1.807) is 0 Å². The van der Waals surface area contributed by atoms with E-state index in [1.165, 1.54) is 38.5 Å². The van der Waals surface area contributed by atoms with Crippen molar-refractivity contribution in [3.8, 4) is 0 Å². The second-order valence-corrected chi connectivity index (χ2v) is 7.78. The average molecular weight is 339 g/mol. The number of benzene rings is 1. The zero-order valence-electron chi connectivity index (χ0n) is 15.0. The summed E-state index contributed by atoms with van der Waals surface area (Å²) in [5, 5.41) is 0. The Labute approximate surface area is 150 Å². The highest BCUT2D eigenvalue weighted by Crippen LogP contribution is 2.33. The maximum absolute atomic E-state index is 12.8. The van der Waals surface area contributed by atoms with Crippen LogP contribution in [-0.4, -0.2) is 27.3 Å². The van der Waals surface area contributed by atoms with Gasteiger partial charge in [0.1, 0.15) is 5.82 Å². The van der Waals surface area contributed by atoms with E-state index in [4.69, 9.17) is 4.98 Å². The predicted octanol–water partition coefficient (Wildman–Crippen LogP) is 4.98. The highest BCUT2D eigenvalue weighted by atomic mass is 16.2. The number of fused-ring (bicyclic) bond motifs is 1. The van der Waals surface area contributed by atoms with Crippen LogP contribution in [-0.2, 0) is 4.79 Å². The SMILES string of the molecule is O=C(CCCC1CCCCC1)N1CCCC1c1nc2ccccc2[nH]1. The maximum atomic E-state index is 12.8. The first-order valence-electron chi connectivity index (χ1n) is 10.1. The van der Waals surface area contributed by atoms with Crippen molar-refractivity contribution in [2.24, 2.45) is 5.92 Å². The lowest BCUT2D eigenvalue weighted by atomic mass is 9.86. The fourth-order valence-electron chi connectivity index (χ4n) is 4.64. The lowest BCUT2D eigenvalue weighted by Gasteiger charge is -2.24. The van der Waals surface area contributed by atoms with Gasteiger partial charge >= 0.3 is 0 Å². The highest BCUT2D eigenvalue weighted by molar-refractivity contribution is 5.78. The van der Waals surface area contributed by atoms with Gasteiger partial charge in [-0.25, -0.2) is 4.98 Å². The molecule has 0 bridgehead atoms. The van der Waals surface area contributed by atoms with E-state index in [1.807, 2.05) is 18.2 Å². The van der Waals surface area contributed by atoms with Gasteiger partial charge in [-0.2, -0.15) is 0 Å². The molecule has 1 amide bonds. The Morgan fingerprint density at radius 3 is 2.80 bits per heavy atom.